The molecule has 3 aromatic heterocycles. The van der Waals surface area contributed by atoms with E-state index in [1.165, 1.54) is 0 Å². The lowest BCUT2D eigenvalue weighted by molar-refractivity contribution is 0.0784. The quantitative estimate of drug-likeness (QED) is 0.563. The standard InChI is InChI=1S/C24H19N5O/c25-13-16-9-10-29(15-16)24(30)21-8-4-7-20(27-21)19-11-18-12-22(28-23(18)26-14-19)17-5-2-1-3-6-17/h1-8,11-12,14,16H,9-10,15H2,(H,26,28)/t16-/m0/s1. The van der Waals surface area contributed by atoms with Crippen LogP contribution in [0.25, 0.3) is 33.5 Å². The Bertz CT molecular complexity index is 1270. The third kappa shape index (κ3) is 3.31. The average Bonchev–Trinajstić information content (AvgIpc) is 3.46. The van der Waals surface area contributed by atoms with Gasteiger partial charge in [0, 0.05) is 35.9 Å². The molecule has 1 N–H and O–H groups in total. The minimum Gasteiger partial charge on any atom is -0.339 e. The molecule has 0 bridgehead atoms. The summed E-state index contributed by atoms with van der Waals surface area (Å²) < 4.78 is 0. The predicted molar refractivity (Wildman–Crippen MR) is 114 cm³/mol. The first-order chi connectivity index (χ1) is 14.7. The van der Waals surface area contributed by atoms with E-state index < -0.39 is 0 Å². The Morgan fingerprint density at radius 1 is 1.10 bits per heavy atom. The monoisotopic (exact) mass is 393 g/mol. The Labute approximate surface area is 173 Å². The fraction of sp³-hybridized carbons (Fsp3) is 0.167. The number of nitrogens with one attached hydrogen (secondary N) is 1. The van der Waals surface area contributed by atoms with Gasteiger partial charge in [-0.25, -0.2) is 9.97 Å². The van der Waals surface area contributed by atoms with E-state index in [1.807, 2.05) is 36.4 Å². The van der Waals surface area contributed by atoms with Gasteiger partial charge in [-0.1, -0.05) is 36.4 Å². The average molecular weight is 393 g/mol. The van der Waals surface area contributed by atoms with Crippen LogP contribution in [0.3, 0.4) is 0 Å². The fourth-order valence-corrected chi connectivity index (χ4v) is 3.86. The van der Waals surface area contributed by atoms with Gasteiger partial charge in [0.1, 0.15) is 11.3 Å². The Kier molecular flexibility index (Phi) is 4.49. The normalized spacial score (nSPS) is 16.0. The van der Waals surface area contributed by atoms with Crippen molar-refractivity contribution < 1.29 is 4.79 Å². The number of hydrogen-bond donors (Lipinski definition) is 1. The van der Waals surface area contributed by atoms with Crippen LogP contribution in [-0.2, 0) is 0 Å². The van der Waals surface area contributed by atoms with Crippen LogP contribution in [0.2, 0.25) is 0 Å². The third-order valence-corrected chi connectivity index (χ3v) is 5.48. The molecule has 0 spiro atoms. The molecule has 146 valence electrons. The van der Waals surface area contributed by atoms with Crippen LogP contribution in [-0.4, -0.2) is 38.8 Å². The van der Waals surface area contributed by atoms with Crippen molar-refractivity contribution in [2.45, 2.75) is 6.42 Å². The Morgan fingerprint density at radius 2 is 1.97 bits per heavy atom. The fourth-order valence-electron chi connectivity index (χ4n) is 3.86. The molecule has 1 aliphatic rings. The number of amides is 1. The number of benzene rings is 1. The number of carbonyl (C=O) groups excluding carboxylic acids is 1. The zero-order chi connectivity index (χ0) is 20.5. The van der Waals surface area contributed by atoms with Crippen LogP contribution in [0, 0.1) is 17.2 Å². The van der Waals surface area contributed by atoms with E-state index >= 15 is 0 Å². The van der Waals surface area contributed by atoms with Gasteiger partial charge >= 0.3 is 0 Å². The SMILES string of the molecule is N#C[C@@H]1CCN(C(=O)c2cccc(-c3cnc4[nH]c(-c5ccccc5)cc4c3)n2)C1. The van der Waals surface area contributed by atoms with Crippen molar-refractivity contribution in [1.29, 1.82) is 5.26 Å². The summed E-state index contributed by atoms with van der Waals surface area (Å²) >= 11 is 0. The number of likely N-dealkylation sites (tertiary alicyclic amines) is 1. The molecular weight excluding hydrogens is 374 g/mol. The van der Waals surface area contributed by atoms with Gasteiger partial charge < -0.3 is 9.88 Å². The molecule has 1 saturated heterocycles. The summed E-state index contributed by atoms with van der Waals surface area (Å²) in [5.74, 6) is -0.215. The number of rotatable bonds is 3. The summed E-state index contributed by atoms with van der Waals surface area (Å²) in [6, 6.07) is 21.9. The molecule has 30 heavy (non-hydrogen) atoms. The number of nitriles is 1. The number of hydrogen-bond acceptors (Lipinski definition) is 4. The summed E-state index contributed by atoms with van der Waals surface area (Å²) in [6.07, 6.45) is 2.49. The van der Waals surface area contributed by atoms with Gasteiger partial charge in [0.2, 0.25) is 0 Å². The van der Waals surface area contributed by atoms with Crippen molar-refractivity contribution in [2.24, 2.45) is 5.92 Å². The highest BCUT2D eigenvalue weighted by Gasteiger charge is 2.27. The first-order valence-electron chi connectivity index (χ1n) is 9.92. The Hall–Kier alpha value is -3.98. The van der Waals surface area contributed by atoms with Crippen LogP contribution in [0.4, 0.5) is 0 Å². The summed E-state index contributed by atoms with van der Waals surface area (Å²) in [5.41, 5.74) is 4.87. The van der Waals surface area contributed by atoms with Crippen LogP contribution in [0.1, 0.15) is 16.9 Å². The lowest BCUT2D eigenvalue weighted by Crippen LogP contribution is -2.29. The minimum absolute atomic E-state index is 0.0869. The third-order valence-electron chi connectivity index (χ3n) is 5.48. The second-order valence-corrected chi connectivity index (χ2v) is 7.48. The number of H-pyrrole nitrogens is 1. The minimum atomic E-state index is -0.128. The molecule has 1 atom stereocenters. The second kappa shape index (κ2) is 7.45. The molecule has 0 radical (unpaired) electrons. The number of nitrogens with zero attached hydrogens (tertiary/aromatic N) is 4. The van der Waals surface area contributed by atoms with Gasteiger partial charge in [-0.15, -0.1) is 0 Å². The molecule has 0 aliphatic carbocycles. The second-order valence-electron chi connectivity index (χ2n) is 7.48. The summed E-state index contributed by atoms with van der Waals surface area (Å²) in [6.45, 7) is 1.07. The molecule has 5 rings (SSSR count). The molecular formula is C24H19N5O. The molecule has 4 heterocycles. The molecule has 1 aliphatic heterocycles. The van der Waals surface area contributed by atoms with Gasteiger partial charge in [0.25, 0.3) is 5.91 Å². The van der Waals surface area contributed by atoms with Crippen LogP contribution >= 0.6 is 0 Å². The number of aromatic nitrogens is 3. The molecule has 6 nitrogen and oxygen atoms in total. The van der Waals surface area contributed by atoms with Gasteiger partial charge in [0.05, 0.1) is 17.7 Å². The first-order valence-corrected chi connectivity index (χ1v) is 9.92. The lowest BCUT2D eigenvalue weighted by Gasteiger charge is -2.15. The first kappa shape index (κ1) is 18.1. The molecule has 4 aromatic rings. The van der Waals surface area contributed by atoms with E-state index in [0.29, 0.717) is 24.5 Å². The van der Waals surface area contributed by atoms with E-state index in [9.17, 15) is 4.79 Å². The highest BCUT2D eigenvalue weighted by Crippen LogP contribution is 2.27. The van der Waals surface area contributed by atoms with Crippen molar-refractivity contribution in [3.8, 4) is 28.6 Å². The van der Waals surface area contributed by atoms with E-state index in [1.54, 1.807) is 17.2 Å². The number of fused-ring (bicyclic) bond motifs is 1. The highest BCUT2D eigenvalue weighted by atomic mass is 16.2. The maximum atomic E-state index is 12.8. The van der Waals surface area contributed by atoms with Crippen molar-refractivity contribution in [2.75, 3.05) is 13.1 Å². The van der Waals surface area contributed by atoms with Gasteiger partial charge in [-0.05, 0) is 36.2 Å². The van der Waals surface area contributed by atoms with Crippen molar-refractivity contribution in [3.05, 3.63) is 72.6 Å². The van der Waals surface area contributed by atoms with Crippen molar-refractivity contribution >= 4 is 16.9 Å². The van der Waals surface area contributed by atoms with Crippen molar-refractivity contribution in [3.63, 3.8) is 0 Å². The van der Waals surface area contributed by atoms with Crippen LogP contribution in [0.5, 0.6) is 0 Å². The van der Waals surface area contributed by atoms with Crippen LogP contribution in [0.15, 0.2) is 66.9 Å². The topological polar surface area (TPSA) is 85.7 Å². The lowest BCUT2D eigenvalue weighted by atomic mass is 10.1. The van der Waals surface area contributed by atoms with Crippen LogP contribution < -0.4 is 0 Å². The molecule has 0 saturated carbocycles. The summed E-state index contributed by atoms with van der Waals surface area (Å²) in [5, 5.41) is 10.1. The highest BCUT2D eigenvalue weighted by molar-refractivity contribution is 5.93. The number of pyridine rings is 2. The largest absolute Gasteiger partial charge is 0.339 e. The Balaban J connectivity index is 1.45. The molecule has 1 amide bonds. The zero-order valence-electron chi connectivity index (χ0n) is 16.2. The van der Waals surface area contributed by atoms with Gasteiger partial charge in [-0.2, -0.15) is 5.26 Å². The van der Waals surface area contributed by atoms with E-state index in [-0.39, 0.29) is 11.8 Å². The van der Waals surface area contributed by atoms with Gasteiger partial charge in [-0.3, -0.25) is 4.79 Å². The maximum Gasteiger partial charge on any atom is 0.272 e. The summed E-state index contributed by atoms with van der Waals surface area (Å²) in [7, 11) is 0. The van der Waals surface area contributed by atoms with E-state index in [4.69, 9.17) is 5.26 Å². The zero-order valence-corrected chi connectivity index (χ0v) is 16.2. The molecule has 1 fully saturated rings. The maximum absolute atomic E-state index is 12.8. The number of aromatic amines is 1. The van der Waals surface area contributed by atoms with E-state index in [0.717, 1.165) is 34.3 Å². The Morgan fingerprint density at radius 3 is 2.77 bits per heavy atom. The predicted octanol–water partition coefficient (Wildman–Crippen LogP) is 4.28. The van der Waals surface area contributed by atoms with Gasteiger partial charge in [0.15, 0.2) is 0 Å². The summed E-state index contributed by atoms with van der Waals surface area (Å²) in [4.78, 5) is 27.0. The van der Waals surface area contributed by atoms with Crippen molar-refractivity contribution in [1.82, 2.24) is 19.9 Å². The van der Waals surface area contributed by atoms with E-state index in [2.05, 4.69) is 39.2 Å². The molecule has 1 aromatic carbocycles. The molecule has 6 heteroatoms. The molecule has 0 unspecified atom stereocenters. The number of carbonyl (C=O) groups is 1. The smallest absolute Gasteiger partial charge is 0.272 e.